The number of nitrogens with one attached hydrogen (secondary N) is 1. The molecule has 1 fully saturated rings. The van der Waals surface area contributed by atoms with Gasteiger partial charge in [0.25, 0.3) is 0 Å². The quantitative estimate of drug-likeness (QED) is 0.684. The van der Waals surface area contributed by atoms with Crippen LogP contribution in [-0.4, -0.2) is 78.6 Å². The lowest BCUT2D eigenvalue weighted by atomic mass is 10.1. The van der Waals surface area contributed by atoms with Gasteiger partial charge in [-0.15, -0.1) is 0 Å². The Bertz CT molecular complexity index is 505. The number of carbonyl (C=O) groups is 1. The Morgan fingerprint density at radius 1 is 1.30 bits per heavy atom. The first-order valence-corrected chi connectivity index (χ1v) is 7.74. The van der Waals surface area contributed by atoms with Crippen molar-refractivity contribution in [2.45, 2.75) is 18.6 Å². The number of β-amino-alcohol motifs (C(OH)–C–C–N with tert-alkyl or cyclic N) is 1. The molecule has 7 nitrogen and oxygen atoms in total. The fraction of sp³-hybridized carbons (Fsp3) is 0.562. The van der Waals surface area contributed by atoms with Crippen molar-refractivity contribution in [1.29, 1.82) is 0 Å². The van der Waals surface area contributed by atoms with Crippen LogP contribution in [0.25, 0.3) is 0 Å². The Labute approximate surface area is 136 Å². The molecule has 1 aromatic carbocycles. The first-order valence-electron chi connectivity index (χ1n) is 7.74. The minimum atomic E-state index is -0.970. The second-order valence-corrected chi connectivity index (χ2v) is 5.83. The van der Waals surface area contributed by atoms with Crippen molar-refractivity contribution in [3.05, 3.63) is 24.3 Å². The Hall–Kier alpha value is -1.83. The number of methoxy groups -OCH3 is 1. The molecule has 2 rings (SSSR count). The lowest BCUT2D eigenvalue weighted by Crippen LogP contribution is -2.49. The molecule has 2 unspecified atom stereocenters. The summed E-state index contributed by atoms with van der Waals surface area (Å²) in [6.07, 6.45) is -0.693. The predicted octanol–water partition coefficient (Wildman–Crippen LogP) is 0.586. The molecule has 0 spiro atoms. The van der Waals surface area contributed by atoms with Crippen molar-refractivity contribution < 1.29 is 19.7 Å². The van der Waals surface area contributed by atoms with Gasteiger partial charge in [0.2, 0.25) is 0 Å². The topological polar surface area (TPSA) is 85.3 Å². The van der Waals surface area contributed by atoms with Gasteiger partial charge in [0.1, 0.15) is 5.75 Å². The SMILES string of the molecule is COc1ccc(NC(=O)N(C)CC(O)C(O)CN2CCC2)cc1. The number of hydrogen-bond donors (Lipinski definition) is 3. The molecule has 7 heteroatoms. The zero-order valence-electron chi connectivity index (χ0n) is 13.6. The molecule has 128 valence electrons. The number of anilines is 1. The lowest BCUT2D eigenvalue weighted by molar-refractivity contribution is -0.0210. The number of likely N-dealkylation sites (N-methyl/N-ethyl adjacent to an activating group) is 1. The molecule has 0 bridgehead atoms. The number of aliphatic hydroxyl groups is 2. The number of rotatable bonds is 7. The summed E-state index contributed by atoms with van der Waals surface area (Å²) < 4.78 is 5.06. The van der Waals surface area contributed by atoms with Crippen molar-refractivity contribution in [2.24, 2.45) is 0 Å². The maximum Gasteiger partial charge on any atom is 0.321 e. The normalized spacial score (nSPS) is 17.0. The van der Waals surface area contributed by atoms with Crippen molar-refractivity contribution in [3.8, 4) is 5.75 Å². The van der Waals surface area contributed by atoms with Gasteiger partial charge < -0.3 is 30.1 Å². The highest BCUT2D eigenvalue weighted by molar-refractivity contribution is 5.89. The highest BCUT2D eigenvalue weighted by Gasteiger charge is 2.25. The van der Waals surface area contributed by atoms with Crippen molar-refractivity contribution >= 4 is 11.7 Å². The van der Waals surface area contributed by atoms with E-state index in [1.165, 1.54) is 4.90 Å². The number of amides is 2. The Kier molecular flexibility index (Phi) is 6.20. The van der Waals surface area contributed by atoms with Gasteiger partial charge in [-0.1, -0.05) is 0 Å². The highest BCUT2D eigenvalue weighted by atomic mass is 16.5. The number of carbonyl (C=O) groups excluding carboxylic acids is 1. The fourth-order valence-corrected chi connectivity index (χ4v) is 2.33. The Morgan fingerprint density at radius 3 is 2.48 bits per heavy atom. The van der Waals surface area contributed by atoms with Crippen LogP contribution in [-0.2, 0) is 0 Å². The molecule has 0 saturated carbocycles. The average molecular weight is 323 g/mol. The number of likely N-dealkylation sites (tertiary alicyclic amines) is 1. The van der Waals surface area contributed by atoms with E-state index < -0.39 is 12.2 Å². The van der Waals surface area contributed by atoms with Crippen molar-refractivity contribution in [2.75, 3.05) is 45.7 Å². The zero-order valence-corrected chi connectivity index (χ0v) is 13.6. The second-order valence-electron chi connectivity index (χ2n) is 5.83. The number of ether oxygens (including phenoxy) is 1. The monoisotopic (exact) mass is 323 g/mol. The molecule has 0 aromatic heterocycles. The molecule has 3 N–H and O–H groups in total. The summed E-state index contributed by atoms with van der Waals surface area (Å²) in [6, 6.07) is 6.63. The van der Waals surface area contributed by atoms with Crippen LogP contribution >= 0.6 is 0 Å². The van der Waals surface area contributed by atoms with Crippen LogP contribution in [0.3, 0.4) is 0 Å². The van der Waals surface area contributed by atoms with Gasteiger partial charge in [0, 0.05) is 19.3 Å². The van der Waals surface area contributed by atoms with Crippen LogP contribution < -0.4 is 10.1 Å². The summed E-state index contributed by atoms with van der Waals surface area (Å²) in [6.45, 7) is 2.42. The molecule has 1 saturated heterocycles. The van der Waals surface area contributed by atoms with Gasteiger partial charge in [0.05, 0.1) is 25.9 Å². The first kappa shape index (κ1) is 17.5. The number of hydrogen-bond acceptors (Lipinski definition) is 5. The summed E-state index contributed by atoms with van der Waals surface area (Å²) in [5, 5.41) is 22.7. The third kappa shape index (κ3) is 5.09. The van der Waals surface area contributed by atoms with Gasteiger partial charge in [0.15, 0.2) is 0 Å². The van der Waals surface area contributed by atoms with E-state index in [0.717, 1.165) is 19.5 Å². The van der Waals surface area contributed by atoms with Crippen LogP contribution in [0.2, 0.25) is 0 Å². The summed E-state index contributed by atoms with van der Waals surface area (Å²) in [7, 11) is 3.16. The number of urea groups is 1. The van der Waals surface area contributed by atoms with Crippen molar-refractivity contribution in [1.82, 2.24) is 9.80 Å². The third-order valence-electron chi connectivity index (χ3n) is 3.99. The Morgan fingerprint density at radius 2 is 1.96 bits per heavy atom. The lowest BCUT2D eigenvalue weighted by Gasteiger charge is -2.34. The predicted molar refractivity (Wildman–Crippen MR) is 87.7 cm³/mol. The van der Waals surface area contributed by atoms with Crippen LogP contribution in [0.5, 0.6) is 5.75 Å². The molecule has 1 aromatic rings. The summed E-state index contributed by atoms with van der Waals surface area (Å²) in [5.74, 6) is 0.709. The molecule has 1 heterocycles. The minimum Gasteiger partial charge on any atom is -0.497 e. The minimum absolute atomic E-state index is 0.0665. The molecule has 1 aliphatic heterocycles. The molecule has 23 heavy (non-hydrogen) atoms. The smallest absolute Gasteiger partial charge is 0.321 e. The van der Waals surface area contributed by atoms with E-state index >= 15 is 0 Å². The van der Waals surface area contributed by atoms with E-state index in [9.17, 15) is 15.0 Å². The molecular weight excluding hydrogens is 298 g/mol. The van der Waals surface area contributed by atoms with Crippen molar-refractivity contribution in [3.63, 3.8) is 0 Å². The standard InChI is InChI=1S/C16H25N3O4/c1-18(10-14(20)15(21)11-19-8-3-9-19)16(22)17-12-4-6-13(23-2)7-5-12/h4-7,14-15,20-21H,3,8-11H2,1-2H3,(H,17,22). The molecule has 2 atom stereocenters. The van der Waals surface area contributed by atoms with Gasteiger partial charge in [-0.3, -0.25) is 0 Å². The first-order chi connectivity index (χ1) is 11.0. The number of benzene rings is 1. The van der Waals surface area contributed by atoms with Crippen LogP contribution in [0.4, 0.5) is 10.5 Å². The maximum atomic E-state index is 12.1. The van der Waals surface area contributed by atoms with E-state index in [-0.39, 0.29) is 12.6 Å². The second kappa shape index (κ2) is 8.14. The molecule has 0 radical (unpaired) electrons. The van der Waals surface area contributed by atoms with Crippen LogP contribution in [0.1, 0.15) is 6.42 Å². The molecular formula is C16H25N3O4. The van der Waals surface area contributed by atoms with Gasteiger partial charge in [-0.2, -0.15) is 0 Å². The van der Waals surface area contributed by atoms with Gasteiger partial charge in [-0.25, -0.2) is 4.79 Å². The largest absolute Gasteiger partial charge is 0.497 e. The highest BCUT2D eigenvalue weighted by Crippen LogP contribution is 2.15. The summed E-state index contributed by atoms with van der Waals surface area (Å²) in [5.41, 5.74) is 0.637. The maximum absolute atomic E-state index is 12.1. The zero-order chi connectivity index (χ0) is 16.8. The summed E-state index contributed by atoms with van der Waals surface area (Å²) >= 11 is 0. The molecule has 2 amide bonds. The van der Waals surface area contributed by atoms with E-state index in [4.69, 9.17) is 4.74 Å². The van der Waals surface area contributed by atoms with E-state index in [2.05, 4.69) is 10.2 Å². The van der Waals surface area contributed by atoms with Gasteiger partial charge in [-0.05, 0) is 43.8 Å². The summed E-state index contributed by atoms with van der Waals surface area (Å²) in [4.78, 5) is 15.5. The van der Waals surface area contributed by atoms with Gasteiger partial charge >= 0.3 is 6.03 Å². The fourth-order valence-electron chi connectivity index (χ4n) is 2.33. The Balaban J connectivity index is 1.78. The van der Waals surface area contributed by atoms with Crippen LogP contribution in [0.15, 0.2) is 24.3 Å². The van der Waals surface area contributed by atoms with E-state index in [0.29, 0.717) is 18.0 Å². The number of aliphatic hydroxyl groups excluding tert-OH is 2. The number of nitrogens with zero attached hydrogens (tertiary/aromatic N) is 2. The van der Waals surface area contributed by atoms with E-state index in [1.807, 2.05) is 0 Å². The molecule has 0 aliphatic carbocycles. The third-order valence-corrected chi connectivity index (χ3v) is 3.99. The molecule has 1 aliphatic rings. The van der Waals surface area contributed by atoms with E-state index in [1.54, 1.807) is 38.4 Å². The average Bonchev–Trinajstić information content (AvgIpc) is 2.51. The van der Waals surface area contributed by atoms with Crippen LogP contribution in [0, 0.1) is 0 Å².